The number of fused-ring (bicyclic) bond motifs is 1. The Morgan fingerprint density at radius 2 is 2.22 bits per heavy atom. The summed E-state index contributed by atoms with van der Waals surface area (Å²) in [5, 5.41) is 3.28. The first-order valence-corrected chi connectivity index (χ1v) is 6.34. The Labute approximate surface area is 112 Å². The number of halogens is 1. The molecule has 0 aliphatic rings. The van der Waals surface area contributed by atoms with Crippen molar-refractivity contribution in [3.8, 4) is 0 Å². The van der Waals surface area contributed by atoms with Crippen LogP contribution in [0.3, 0.4) is 0 Å². The molecule has 18 heavy (non-hydrogen) atoms. The van der Waals surface area contributed by atoms with Crippen LogP contribution in [-0.2, 0) is 6.54 Å². The Morgan fingerprint density at radius 3 is 3.00 bits per heavy atom. The van der Waals surface area contributed by atoms with Gasteiger partial charge in [-0.25, -0.2) is 4.98 Å². The van der Waals surface area contributed by atoms with Gasteiger partial charge in [-0.05, 0) is 40.2 Å². The second-order valence-electron chi connectivity index (χ2n) is 3.96. The number of furan rings is 1. The van der Waals surface area contributed by atoms with E-state index in [-0.39, 0.29) is 0 Å². The normalized spacial score (nSPS) is 11.0. The molecular weight excluding hydrogens is 296 g/mol. The summed E-state index contributed by atoms with van der Waals surface area (Å²) in [5.41, 5.74) is 2.65. The molecule has 2 aromatic heterocycles. The van der Waals surface area contributed by atoms with Crippen molar-refractivity contribution in [3.05, 3.63) is 46.7 Å². The lowest BCUT2D eigenvalue weighted by Crippen LogP contribution is -1.98. The van der Waals surface area contributed by atoms with Crippen LogP contribution in [0.1, 0.15) is 11.7 Å². The standard InChI is InChI=1S/C13H11BrN2O2/c1-8-16-11-6-9(2-3-12(11)18-8)15-7-13-10(14)4-5-17-13/h2-6,15H,7H2,1H3. The topological polar surface area (TPSA) is 51.2 Å². The van der Waals surface area contributed by atoms with Crippen molar-refractivity contribution >= 4 is 32.7 Å². The lowest BCUT2D eigenvalue weighted by atomic mass is 10.3. The van der Waals surface area contributed by atoms with Gasteiger partial charge < -0.3 is 14.2 Å². The molecule has 5 heteroatoms. The Bertz CT molecular complexity index is 687. The van der Waals surface area contributed by atoms with E-state index in [1.165, 1.54) is 0 Å². The molecule has 0 saturated heterocycles. The lowest BCUT2D eigenvalue weighted by Gasteiger charge is -2.04. The smallest absolute Gasteiger partial charge is 0.192 e. The molecular formula is C13H11BrN2O2. The number of nitrogens with one attached hydrogen (secondary N) is 1. The van der Waals surface area contributed by atoms with Crippen LogP contribution in [0.15, 0.2) is 43.8 Å². The SMILES string of the molecule is Cc1nc2cc(NCc3occc3Br)ccc2o1. The second-order valence-corrected chi connectivity index (χ2v) is 4.81. The van der Waals surface area contributed by atoms with E-state index in [0.29, 0.717) is 12.4 Å². The Balaban J connectivity index is 1.80. The number of aromatic nitrogens is 1. The van der Waals surface area contributed by atoms with Crippen LogP contribution in [-0.4, -0.2) is 4.98 Å². The van der Waals surface area contributed by atoms with Gasteiger partial charge in [0.1, 0.15) is 11.3 Å². The minimum Gasteiger partial charge on any atom is -0.466 e. The summed E-state index contributed by atoms with van der Waals surface area (Å²) in [6.45, 7) is 2.46. The predicted molar refractivity (Wildman–Crippen MR) is 72.5 cm³/mol. The monoisotopic (exact) mass is 306 g/mol. The van der Waals surface area contributed by atoms with E-state index in [0.717, 1.165) is 27.0 Å². The van der Waals surface area contributed by atoms with E-state index in [9.17, 15) is 0 Å². The molecule has 0 atom stereocenters. The number of anilines is 1. The maximum atomic E-state index is 5.43. The molecule has 0 bridgehead atoms. The fraction of sp³-hybridized carbons (Fsp3) is 0.154. The van der Waals surface area contributed by atoms with Crippen LogP contribution >= 0.6 is 15.9 Å². The van der Waals surface area contributed by atoms with Crippen molar-refractivity contribution in [2.75, 3.05) is 5.32 Å². The average molecular weight is 307 g/mol. The van der Waals surface area contributed by atoms with Crippen molar-refractivity contribution in [1.82, 2.24) is 4.98 Å². The molecule has 0 unspecified atom stereocenters. The zero-order valence-electron chi connectivity index (χ0n) is 9.74. The Morgan fingerprint density at radius 1 is 1.33 bits per heavy atom. The number of oxazole rings is 1. The number of rotatable bonds is 3. The predicted octanol–water partition coefficient (Wildman–Crippen LogP) is 4.10. The number of aryl methyl sites for hydroxylation is 1. The fourth-order valence-electron chi connectivity index (χ4n) is 1.79. The maximum Gasteiger partial charge on any atom is 0.192 e. The molecule has 0 aliphatic carbocycles. The van der Waals surface area contributed by atoms with Crippen LogP contribution in [0.2, 0.25) is 0 Å². The van der Waals surface area contributed by atoms with Gasteiger partial charge in [0, 0.05) is 12.6 Å². The summed E-state index contributed by atoms with van der Waals surface area (Å²) in [6.07, 6.45) is 1.66. The quantitative estimate of drug-likeness (QED) is 0.791. The minimum atomic E-state index is 0.621. The zero-order chi connectivity index (χ0) is 12.5. The summed E-state index contributed by atoms with van der Waals surface area (Å²) in [6, 6.07) is 7.71. The molecule has 1 aromatic carbocycles. The van der Waals surface area contributed by atoms with Crippen molar-refractivity contribution in [3.63, 3.8) is 0 Å². The molecule has 0 spiro atoms. The molecule has 0 radical (unpaired) electrons. The van der Waals surface area contributed by atoms with Gasteiger partial charge in [0.25, 0.3) is 0 Å². The third kappa shape index (κ3) is 2.13. The number of nitrogens with zero attached hydrogens (tertiary/aromatic N) is 1. The van der Waals surface area contributed by atoms with Crippen molar-refractivity contribution < 1.29 is 8.83 Å². The van der Waals surface area contributed by atoms with Crippen LogP contribution in [0.4, 0.5) is 5.69 Å². The highest BCUT2D eigenvalue weighted by Gasteiger charge is 2.05. The van der Waals surface area contributed by atoms with Gasteiger partial charge in [0.2, 0.25) is 0 Å². The van der Waals surface area contributed by atoms with E-state index >= 15 is 0 Å². The van der Waals surface area contributed by atoms with Crippen molar-refractivity contribution in [2.24, 2.45) is 0 Å². The minimum absolute atomic E-state index is 0.621. The van der Waals surface area contributed by atoms with Crippen molar-refractivity contribution in [2.45, 2.75) is 13.5 Å². The lowest BCUT2D eigenvalue weighted by molar-refractivity contribution is 0.516. The molecule has 3 rings (SSSR count). The van der Waals surface area contributed by atoms with Gasteiger partial charge in [-0.3, -0.25) is 0 Å². The highest BCUT2D eigenvalue weighted by molar-refractivity contribution is 9.10. The highest BCUT2D eigenvalue weighted by atomic mass is 79.9. The van der Waals surface area contributed by atoms with Gasteiger partial charge in [-0.15, -0.1) is 0 Å². The summed E-state index contributed by atoms with van der Waals surface area (Å²) < 4.78 is 11.7. The van der Waals surface area contributed by atoms with Crippen LogP contribution in [0.5, 0.6) is 0 Å². The number of benzene rings is 1. The Hall–Kier alpha value is -1.75. The third-order valence-electron chi connectivity index (χ3n) is 2.64. The molecule has 2 heterocycles. The molecule has 0 saturated carbocycles. The van der Waals surface area contributed by atoms with E-state index in [2.05, 4.69) is 26.2 Å². The summed E-state index contributed by atoms with van der Waals surface area (Å²) >= 11 is 3.42. The molecule has 3 aromatic rings. The van der Waals surface area contributed by atoms with E-state index in [1.54, 1.807) is 6.26 Å². The summed E-state index contributed by atoms with van der Waals surface area (Å²) in [7, 11) is 0. The van der Waals surface area contributed by atoms with E-state index < -0.39 is 0 Å². The summed E-state index contributed by atoms with van der Waals surface area (Å²) in [5.74, 6) is 1.54. The molecule has 0 aliphatic heterocycles. The van der Waals surface area contributed by atoms with Crippen LogP contribution in [0, 0.1) is 6.92 Å². The zero-order valence-corrected chi connectivity index (χ0v) is 11.3. The molecule has 92 valence electrons. The van der Waals surface area contributed by atoms with E-state index in [4.69, 9.17) is 8.83 Å². The maximum absolute atomic E-state index is 5.43. The second kappa shape index (κ2) is 4.49. The fourth-order valence-corrected chi connectivity index (χ4v) is 2.13. The van der Waals surface area contributed by atoms with Gasteiger partial charge in [0.05, 0.1) is 17.3 Å². The number of hydrogen-bond acceptors (Lipinski definition) is 4. The van der Waals surface area contributed by atoms with Crippen molar-refractivity contribution in [1.29, 1.82) is 0 Å². The molecule has 0 amide bonds. The first-order chi connectivity index (χ1) is 8.72. The number of hydrogen-bond donors (Lipinski definition) is 1. The van der Waals surface area contributed by atoms with Gasteiger partial charge >= 0.3 is 0 Å². The highest BCUT2D eigenvalue weighted by Crippen LogP contribution is 2.22. The average Bonchev–Trinajstić information content (AvgIpc) is 2.90. The van der Waals surface area contributed by atoms with Crippen LogP contribution < -0.4 is 5.32 Å². The molecule has 1 N–H and O–H groups in total. The third-order valence-corrected chi connectivity index (χ3v) is 3.35. The Kier molecular flexibility index (Phi) is 2.83. The van der Waals surface area contributed by atoms with Gasteiger partial charge in [-0.2, -0.15) is 0 Å². The first-order valence-electron chi connectivity index (χ1n) is 5.55. The summed E-state index contributed by atoms with van der Waals surface area (Å²) in [4.78, 5) is 4.30. The van der Waals surface area contributed by atoms with Gasteiger partial charge in [-0.1, -0.05) is 0 Å². The molecule has 4 nitrogen and oxygen atoms in total. The molecule has 0 fully saturated rings. The van der Waals surface area contributed by atoms with Crippen LogP contribution in [0.25, 0.3) is 11.1 Å². The largest absolute Gasteiger partial charge is 0.466 e. The van der Waals surface area contributed by atoms with E-state index in [1.807, 2.05) is 31.2 Å². The first kappa shape index (κ1) is 11.3. The van der Waals surface area contributed by atoms with Gasteiger partial charge in [0.15, 0.2) is 11.5 Å².